The molecule has 1 saturated heterocycles. The zero-order valence-corrected chi connectivity index (χ0v) is 22.4. The number of anilines is 1. The van der Waals surface area contributed by atoms with Crippen LogP contribution < -0.4 is 4.90 Å². The number of rotatable bonds is 7. The largest absolute Gasteiger partial charge is 0.508 e. The highest BCUT2D eigenvalue weighted by atomic mass is 16.5. The molecule has 2 aromatic heterocycles. The fraction of sp³-hybridized carbons (Fsp3) is 0.379. The highest BCUT2D eigenvalue weighted by molar-refractivity contribution is 6.05. The van der Waals surface area contributed by atoms with Crippen molar-refractivity contribution >= 4 is 22.5 Å². The number of carbonyl (C=O) groups is 1. The van der Waals surface area contributed by atoms with Crippen LogP contribution in [0, 0.1) is 6.92 Å². The minimum atomic E-state index is -0.242. The summed E-state index contributed by atoms with van der Waals surface area (Å²) in [6, 6.07) is 11.1. The lowest BCUT2D eigenvalue weighted by Crippen LogP contribution is -2.36. The molecular weight excluding hydrogens is 480 g/mol. The van der Waals surface area contributed by atoms with Crippen molar-refractivity contribution in [2.45, 2.75) is 40.3 Å². The van der Waals surface area contributed by atoms with Gasteiger partial charge in [-0.2, -0.15) is 5.10 Å². The molecule has 0 spiro atoms. The molecule has 198 valence electrons. The number of nitrogens with zero attached hydrogens (tertiary/aromatic N) is 6. The molecule has 9 nitrogen and oxygen atoms in total. The van der Waals surface area contributed by atoms with Crippen molar-refractivity contribution in [1.82, 2.24) is 24.6 Å². The second kappa shape index (κ2) is 10.8. The summed E-state index contributed by atoms with van der Waals surface area (Å²) in [5.41, 5.74) is 6.14. The summed E-state index contributed by atoms with van der Waals surface area (Å²) in [7, 11) is 1.76. The van der Waals surface area contributed by atoms with Crippen molar-refractivity contribution in [2.24, 2.45) is 0 Å². The van der Waals surface area contributed by atoms with E-state index in [1.54, 1.807) is 36.3 Å². The zero-order valence-electron chi connectivity index (χ0n) is 22.4. The van der Waals surface area contributed by atoms with Crippen LogP contribution in [0.1, 0.15) is 41.2 Å². The van der Waals surface area contributed by atoms with Gasteiger partial charge in [-0.25, -0.2) is 9.97 Å². The molecule has 3 heterocycles. The maximum absolute atomic E-state index is 13.7. The Morgan fingerprint density at radius 2 is 1.87 bits per heavy atom. The van der Waals surface area contributed by atoms with Crippen LogP contribution in [0.4, 0.5) is 5.69 Å². The Bertz CT molecular complexity index is 1470. The van der Waals surface area contributed by atoms with Crippen molar-refractivity contribution in [1.29, 1.82) is 0 Å². The van der Waals surface area contributed by atoms with E-state index in [4.69, 9.17) is 14.7 Å². The first-order valence-corrected chi connectivity index (χ1v) is 13.1. The van der Waals surface area contributed by atoms with E-state index in [0.29, 0.717) is 23.3 Å². The third-order valence-electron chi connectivity index (χ3n) is 7.21. The lowest BCUT2D eigenvalue weighted by atomic mass is 10.0. The Labute approximate surface area is 222 Å². The quantitative estimate of drug-likeness (QED) is 0.395. The van der Waals surface area contributed by atoms with Gasteiger partial charge in [-0.1, -0.05) is 6.92 Å². The number of aryl methyl sites for hydroxylation is 2. The zero-order chi connectivity index (χ0) is 26.8. The molecule has 4 aromatic rings. The second-order valence-corrected chi connectivity index (χ2v) is 9.63. The van der Waals surface area contributed by atoms with Gasteiger partial charge in [0.1, 0.15) is 11.4 Å². The third-order valence-corrected chi connectivity index (χ3v) is 7.21. The number of aromatic nitrogens is 4. The van der Waals surface area contributed by atoms with Gasteiger partial charge < -0.3 is 19.6 Å². The van der Waals surface area contributed by atoms with Gasteiger partial charge in [0.15, 0.2) is 5.82 Å². The third kappa shape index (κ3) is 4.93. The van der Waals surface area contributed by atoms with E-state index in [-0.39, 0.29) is 17.4 Å². The Hall–Kier alpha value is -3.98. The number of phenolic OH excluding ortho intramolecular Hbond substituents is 1. The first-order chi connectivity index (χ1) is 18.4. The van der Waals surface area contributed by atoms with Crippen LogP contribution in [0.3, 0.4) is 0 Å². The topological polar surface area (TPSA) is 96.6 Å². The van der Waals surface area contributed by atoms with Crippen molar-refractivity contribution in [2.75, 3.05) is 38.3 Å². The van der Waals surface area contributed by atoms with Crippen LogP contribution in [0.25, 0.3) is 22.3 Å². The second-order valence-electron chi connectivity index (χ2n) is 9.63. The van der Waals surface area contributed by atoms with Crippen molar-refractivity contribution in [3.63, 3.8) is 0 Å². The highest BCUT2D eigenvalue weighted by Crippen LogP contribution is 2.30. The lowest BCUT2D eigenvalue weighted by molar-refractivity contribution is 0.0781. The van der Waals surface area contributed by atoms with E-state index in [1.165, 1.54) is 11.3 Å². The SMILES string of the molecule is CCc1cc(-c2nc(C(=O)N(C)Cc3cnn(CC)c3C)c3cc(O)ccc3n2)ccc1N1CCOCC1. The lowest BCUT2D eigenvalue weighted by Gasteiger charge is -2.30. The molecule has 0 unspecified atom stereocenters. The molecule has 1 aliphatic rings. The Morgan fingerprint density at radius 3 is 2.58 bits per heavy atom. The fourth-order valence-corrected chi connectivity index (χ4v) is 5.00. The average molecular weight is 515 g/mol. The summed E-state index contributed by atoms with van der Waals surface area (Å²) in [6.07, 6.45) is 2.67. The number of carbonyl (C=O) groups excluding carboxylic acids is 1. The molecule has 38 heavy (non-hydrogen) atoms. The van der Waals surface area contributed by atoms with Crippen LogP contribution >= 0.6 is 0 Å². The van der Waals surface area contributed by atoms with E-state index >= 15 is 0 Å². The van der Waals surface area contributed by atoms with Gasteiger partial charge in [-0.05, 0) is 62.2 Å². The molecule has 0 atom stereocenters. The minimum Gasteiger partial charge on any atom is -0.508 e. The smallest absolute Gasteiger partial charge is 0.273 e. The summed E-state index contributed by atoms with van der Waals surface area (Å²) in [5, 5.41) is 15.1. The molecule has 1 aliphatic heterocycles. The molecule has 0 bridgehead atoms. The number of aromatic hydroxyl groups is 1. The van der Waals surface area contributed by atoms with Crippen molar-refractivity contribution in [3.8, 4) is 17.1 Å². The van der Waals surface area contributed by atoms with E-state index in [0.717, 1.165) is 56.1 Å². The van der Waals surface area contributed by atoms with Crippen LogP contribution in [-0.2, 0) is 24.2 Å². The first kappa shape index (κ1) is 25.7. The molecule has 1 amide bonds. The van der Waals surface area contributed by atoms with Crippen LogP contribution in [0.2, 0.25) is 0 Å². The number of hydrogen-bond donors (Lipinski definition) is 1. The maximum Gasteiger partial charge on any atom is 0.273 e. The molecule has 1 N–H and O–H groups in total. The van der Waals surface area contributed by atoms with Crippen LogP contribution in [-0.4, -0.2) is 69.0 Å². The number of fused-ring (bicyclic) bond motifs is 1. The average Bonchev–Trinajstić information content (AvgIpc) is 3.30. The van der Waals surface area contributed by atoms with E-state index in [9.17, 15) is 9.90 Å². The summed E-state index contributed by atoms with van der Waals surface area (Å²) in [6.45, 7) is 10.5. The number of morpholine rings is 1. The number of ether oxygens (including phenoxy) is 1. The van der Waals surface area contributed by atoms with E-state index < -0.39 is 0 Å². The number of phenols is 1. The van der Waals surface area contributed by atoms with Gasteiger partial charge in [0, 0.05) is 61.1 Å². The standard InChI is InChI=1S/C29H34N6O3/c1-5-20-15-21(7-10-26(20)34-11-13-38-14-12-34)28-31-25-9-8-23(36)16-24(25)27(32-28)29(37)33(4)18-22-17-30-35(6-2)19(22)3/h7-10,15-17,36H,5-6,11-14,18H2,1-4H3. The Morgan fingerprint density at radius 1 is 1.08 bits per heavy atom. The molecule has 1 fully saturated rings. The maximum atomic E-state index is 13.7. The Kier molecular flexibility index (Phi) is 7.28. The molecule has 9 heteroatoms. The molecule has 0 aliphatic carbocycles. The highest BCUT2D eigenvalue weighted by Gasteiger charge is 2.22. The van der Waals surface area contributed by atoms with Crippen LogP contribution in [0.15, 0.2) is 42.6 Å². The monoisotopic (exact) mass is 514 g/mol. The molecule has 0 saturated carbocycles. The van der Waals surface area contributed by atoms with Gasteiger partial charge in [0.05, 0.1) is 24.9 Å². The predicted molar refractivity (Wildman–Crippen MR) is 147 cm³/mol. The van der Waals surface area contributed by atoms with E-state index in [2.05, 4.69) is 29.1 Å². The number of hydrogen-bond acceptors (Lipinski definition) is 7. The number of amides is 1. The van der Waals surface area contributed by atoms with Gasteiger partial charge in [-0.15, -0.1) is 0 Å². The molecule has 0 radical (unpaired) electrons. The minimum absolute atomic E-state index is 0.0637. The van der Waals surface area contributed by atoms with Gasteiger partial charge in [-0.3, -0.25) is 9.48 Å². The first-order valence-electron chi connectivity index (χ1n) is 13.1. The van der Waals surface area contributed by atoms with E-state index in [1.807, 2.05) is 24.6 Å². The van der Waals surface area contributed by atoms with Crippen molar-refractivity contribution in [3.05, 3.63) is 65.1 Å². The summed E-state index contributed by atoms with van der Waals surface area (Å²) in [4.78, 5) is 27.3. The van der Waals surface area contributed by atoms with Crippen LogP contribution in [0.5, 0.6) is 5.75 Å². The molecule has 5 rings (SSSR count). The van der Waals surface area contributed by atoms with Gasteiger partial charge in [0.25, 0.3) is 5.91 Å². The Balaban J connectivity index is 1.53. The fourth-order valence-electron chi connectivity index (χ4n) is 5.00. The van der Waals surface area contributed by atoms with Crippen molar-refractivity contribution < 1.29 is 14.6 Å². The molecule has 2 aromatic carbocycles. The summed E-state index contributed by atoms with van der Waals surface area (Å²) in [5.74, 6) is 0.306. The summed E-state index contributed by atoms with van der Waals surface area (Å²) < 4.78 is 7.44. The number of benzene rings is 2. The van der Waals surface area contributed by atoms with Gasteiger partial charge >= 0.3 is 0 Å². The molecular formula is C29H34N6O3. The normalized spacial score (nSPS) is 13.7. The summed E-state index contributed by atoms with van der Waals surface area (Å²) >= 11 is 0. The predicted octanol–water partition coefficient (Wildman–Crippen LogP) is 4.20. The van der Waals surface area contributed by atoms with Gasteiger partial charge in [0.2, 0.25) is 0 Å².